The average molecular weight is 172 g/mol. The maximum atomic E-state index is 9.44. The topological polar surface area (TPSA) is 23.6 Å². The van der Waals surface area contributed by atoms with Crippen molar-refractivity contribution in [2.45, 2.75) is 13.8 Å². The number of rotatable bonds is 0. The lowest BCUT2D eigenvalue weighted by Gasteiger charge is -2.28. The normalized spacial score (nSPS) is 19.7. The molecule has 0 N–H and O–H groups in total. The minimum absolute atomic E-state index is 0.167. The summed E-state index contributed by atoms with van der Waals surface area (Å²) in [6.07, 6.45) is 0. The molecule has 0 saturated carbocycles. The van der Waals surface area contributed by atoms with Crippen LogP contribution >= 0.6 is 0 Å². The van der Waals surface area contributed by atoms with E-state index in [1.165, 1.54) is 40.0 Å². The molecular weight excluding hydrogens is 152 g/mol. The number of carbonyl (C=O) groups is 1. The van der Waals surface area contributed by atoms with Gasteiger partial charge in [-0.1, -0.05) is 0 Å². The van der Waals surface area contributed by atoms with Crippen molar-refractivity contribution < 1.29 is 4.79 Å². The molecular formula is C9H20N2O. The molecule has 1 heterocycles. The van der Waals surface area contributed by atoms with Crippen LogP contribution in [0.2, 0.25) is 0 Å². The van der Waals surface area contributed by atoms with Gasteiger partial charge in [-0.3, -0.25) is 0 Å². The molecule has 0 amide bonds. The Labute approximate surface area is 75.3 Å². The van der Waals surface area contributed by atoms with Crippen LogP contribution in [-0.2, 0) is 4.79 Å². The zero-order valence-corrected chi connectivity index (χ0v) is 8.63. The van der Waals surface area contributed by atoms with Crippen LogP contribution in [0.1, 0.15) is 13.8 Å². The predicted octanol–water partition coefficient (Wildman–Crippen LogP) is 0.459. The summed E-state index contributed by atoms with van der Waals surface area (Å²) in [5, 5.41) is 0. The quantitative estimate of drug-likeness (QED) is 0.530. The van der Waals surface area contributed by atoms with Crippen LogP contribution in [0.15, 0.2) is 0 Å². The van der Waals surface area contributed by atoms with E-state index < -0.39 is 0 Å². The van der Waals surface area contributed by atoms with Crippen LogP contribution in [0, 0.1) is 0 Å². The maximum absolute atomic E-state index is 9.44. The third-order valence-corrected chi connectivity index (χ3v) is 1.73. The maximum Gasteiger partial charge on any atom is 0.126 e. The van der Waals surface area contributed by atoms with Crippen molar-refractivity contribution in [1.29, 1.82) is 0 Å². The number of likely N-dealkylation sites (N-methyl/N-ethyl adjacent to an activating group) is 2. The van der Waals surface area contributed by atoms with Crippen LogP contribution < -0.4 is 0 Å². The third-order valence-electron chi connectivity index (χ3n) is 1.73. The number of hydrogen-bond acceptors (Lipinski definition) is 3. The fourth-order valence-corrected chi connectivity index (χ4v) is 0.906. The Bertz CT molecular complexity index is 114. The van der Waals surface area contributed by atoms with Crippen LogP contribution in [0.5, 0.6) is 0 Å². The summed E-state index contributed by atoms with van der Waals surface area (Å²) >= 11 is 0. The Hall–Kier alpha value is -0.410. The van der Waals surface area contributed by atoms with Crippen molar-refractivity contribution in [3.63, 3.8) is 0 Å². The molecule has 3 nitrogen and oxygen atoms in total. The monoisotopic (exact) mass is 172 g/mol. The molecule has 72 valence electrons. The van der Waals surface area contributed by atoms with Gasteiger partial charge in [0.15, 0.2) is 0 Å². The van der Waals surface area contributed by atoms with Gasteiger partial charge in [-0.15, -0.1) is 0 Å². The lowest BCUT2D eigenvalue weighted by Crippen LogP contribution is -2.42. The summed E-state index contributed by atoms with van der Waals surface area (Å²) in [6, 6.07) is 0. The van der Waals surface area contributed by atoms with Gasteiger partial charge >= 0.3 is 0 Å². The molecule has 0 aromatic rings. The molecule has 0 aromatic heterocycles. The molecule has 0 spiro atoms. The molecule has 0 aliphatic carbocycles. The Morgan fingerprint density at radius 2 is 1.08 bits per heavy atom. The molecule has 0 bridgehead atoms. The first-order valence-corrected chi connectivity index (χ1v) is 4.36. The highest BCUT2D eigenvalue weighted by Gasteiger charge is 2.07. The number of hydrogen-bond donors (Lipinski definition) is 0. The molecule has 1 aliphatic rings. The van der Waals surface area contributed by atoms with E-state index in [9.17, 15) is 4.79 Å². The van der Waals surface area contributed by atoms with Gasteiger partial charge in [0.25, 0.3) is 0 Å². The highest BCUT2D eigenvalue weighted by Crippen LogP contribution is 1.93. The lowest BCUT2D eigenvalue weighted by atomic mass is 10.4. The van der Waals surface area contributed by atoms with Gasteiger partial charge in [0.1, 0.15) is 5.78 Å². The van der Waals surface area contributed by atoms with Crippen LogP contribution in [0.25, 0.3) is 0 Å². The molecule has 12 heavy (non-hydrogen) atoms. The van der Waals surface area contributed by atoms with Crippen molar-refractivity contribution in [2.75, 3.05) is 40.3 Å². The Morgan fingerprint density at radius 1 is 0.917 bits per heavy atom. The molecule has 1 fully saturated rings. The first kappa shape index (κ1) is 11.6. The number of carbonyl (C=O) groups excluding carboxylic acids is 1. The highest BCUT2D eigenvalue weighted by molar-refractivity contribution is 5.72. The highest BCUT2D eigenvalue weighted by atomic mass is 16.1. The average Bonchev–Trinajstić information content (AvgIpc) is 1.94. The Kier molecular flexibility index (Phi) is 5.93. The summed E-state index contributed by atoms with van der Waals surface area (Å²) in [5.74, 6) is 0.167. The van der Waals surface area contributed by atoms with Crippen LogP contribution in [-0.4, -0.2) is 55.9 Å². The van der Waals surface area contributed by atoms with Crippen molar-refractivity contribution in [3.8, 4) is 0 Å². The van der Waals surface area contributed by atoms with E-state index >= 15 is 0 Å². The van der Waals surface area contributed by atoms with Gasteiger partial charge in [-0.25, -0.2) is 0 Å². The minimum Gasteiger partial charge on any atom is -0.304 e. The van der Waals surface area contributed by atoms with Crippen molar-refractivity contribution in [1.82, 2.24) is 9.80 Å². The molecule has 1 rings (SSSR count). The Balaban J connectivity index is 0.000000261. The standard InChI is InChI=1S/C6H14N2.C3H6O/c1-7-3-5-8(2)6-4-7;1-3(2)4/h3-6H2,1-2H3;1-2H3. The lowest BCUT2D eigenvalue weighted by molar-refractivity contribution is -0.114. The molecule has 0 atom stereocenters. The van der Waals surface area contributed by atoms with E-state index in [1.54, 1.807) is 0 Å². The van der Waals surface area contributed by atoms with E-state index in [2.05, 4.69) is 23.9 Å². The number of piperazine rings is 1. The van der Waals surface area contributed by atoms with E-state index in [-0.39, 0.29) is 5.78 Å². The van der Waals surface area contributed by atoms with Gasteiger partial charge in [0, 0.05) is 26.2 Å². The van der Waals surface area contributed by atoms with E-state index in [0.717, 1.165) is 0 Å². The smallest absolute Gasteiger partial charge is 0.126 e. The second kappa shape index (κ2) is 6.14. The molecule has 0 radical (unpaired) electrons. The molecule has 1 saturated heterocycles. The van der Waals surface area contributed by atoms with Crippen molar-refractivity contribution >= 4 is 5.78 Å². The fourth-order valence-electron chi connectivity index (χ4n) is 0.906. The van der Waals surface area contributed by atoms with Gasteiger partial charge in [-0.05, 0) is 27.9 Å². The second-order valence-corrected chi connectivity index (χ2v) is 3.51. The summed E-state index contributed by atoms with van der Waals surface area (Å²) in [4.78, 5) is 14.2. The summed E-state index contributed by atoms with van der Waals surface area (Å²) in [6.45, 7) is 7.99. The van der Waals surface area contributed by atoms with Crippen LogP contribution in [0.4, 0.5) is 0 Å². The van der Waals surface area contributed by atoms with Gasteiger partial charge in [0.2, 0.25) is 0 Å². The van der Waals surface area contributed by atoms with E-state index in [0.29, 0.717) is 0 Å². The minimum atomic E-state index is 0.167. The summed E-state index contributed by atoms with van der Waals surface area (Å²) in [7, 11) is 4.35. The second-order valence-electron chi connectivity index (χ2n) is 3.51. The van der Waals surface area contributed by atoms with Gasteiger partial charge in [-0.2, -0.15) is 0 Å². The van der Waals surface area contributed by atoms with Gasteiger partial charge < -0.3 is 14.6 Å². The molecule has 1 aliphatic heterocycles. The number of ketones is 1. The summed E-state index contributed by atoms with van der Waals surface area (Å²) < 4.78 is 0. The molecule has 3 heteroatoms. The molecule has 0 unspecified atom stereocenters. The first-order chi connectivity index (χ1) is 5.52. The van der Waals surface area contributed by atoms with Crippen molar-refractivity contribution in [2.24, 2.45) is 0 Å². The zero-order valence-electron chi connectivity index (χ0n) is 8.63. The Morgan fingerprint density at radius 3 is 1.25 bits per heavy atom. The van der Waals surface area contributed by atoms with Gasteiger partial charge in [0.05, 0.1) is 0 Å². The number of nitrogens with zero attached hydrogens (tertiary/aromatic N) is 2. The number of Topliss-reactive ketones (excluding diaryl/α,β-unsaturated/α-hetero) is 1. The first-order valence-electron chi connectivity index (χ1n) is 4.36. The van der Waals surface area contributed by atoms with E-state index in [1.807, 2.05) is 0 Å². The summed E-state index contributed by atoms with van der Waals surface area (Å²) in [5.41, 5.74) is 0. The van der Waals surface area contributed by atoms with E-state index in [4.69, 9.17) is 0 Å². The predicted molar refractivity (Wildman–Crippen MR) is 51.3 cm³/mol. The largest absolute Gasteiger partial charge is 0.304 e. The van der Waals surface area contributed by atoms with Crippen molar-refractivity contribution in [3.05, 3.63) is 0 Å². The zero-order chi connectivity index (χ0) is 9.56. The van der Waals surface area contributed by atoms with Crippen LogP contribution in [0.3, 0.4) is 0 Å². The SMILES string of the molecule is CC(C)=O.CN1CCN(C)CC1. The fraction of sp³-hybridized carbons (Fsp3) is 0.889. The molecule has 0 aromatic carbocycles. The third kappa shape index (κ3) is 7.69.